The summed E-state index contributed by atoms with van der Waals surface area (Å²) in [5.74, 6) is 0.993. The molecule has 6 heteroatoms. The van der Waals surface area contributed by atoms with Crippen molar-refractivity contribution in [2.24, 2.45) is 0 Å². The zero-order chi connectivity index (χ0) is 15.4. The van der Waals surface area contributed by atoms with Gasteiger partial charge in [-0.2, -0.15) is 0 Å². The SMILES string of the molecule is CCNC(=O)N1CCCN(Cc2nc3ccccc3[nH]2)CC1. The van der Waals surface area contributed by atoms with Crippen molar-refractivity contribution in [3.05, 3.63) is 30.1 Å². The molecule has 1 aromatic carbocycles. The van der Waals surface area contributed by atoms with Crippen molar-refractivity contribution in [3.63, 3.8) is 0 Å². The monoisotopic (exact) mass is 301 g/mol. The largest absolute Gasteiger partial charge is 0.341 e. The van der Waals surface area contributed by atoms with Crippen LogP contribution in [-0.2, 0) is 6.54 Å². The summed E-state index contributed by atoms with van der Waals surface area (Å²) in [6.45, 7) is 6.90. The first-order valence-corrected chi connectivity index (χ1v) is 7.95. The number of carbonyl (C=O) groups excluding carboxylic acids is 1. The molecule has 1 aliphatic heterocycles. The van der Waals surface area contributed by atoms with Gasteiger partial charge in [0.2, 0.25) is 0 Å². The molecule has 0 unspecified atom stereocenters. The fourth-order valence-corrected chi connectivity index (χ4v) is 2.89. The number of urea groups is 1. The first kappa shape index (κ1) is 14.8. The number of hydrogen-bond donors (Lipinski definition) is 2. The zero-order valence-electron chi connectivity index (χ0n) is 13.0. The lowest BCUT2D eigenvalue weighted by molar-refractivity contribution is 0.198. The Bertz CT molecular complexity index is 605. The number of para-hydroxylation sites is 2. The topological polar surface area (TPSA) is 64.3 Å². The van der Waals surface area contributed by atoms with Gasteiger partial charge in [0.1, 0.15) is 5.82 Å². The van der Waals surface area contributed by atoms with E-state index in [0.29, 0.717) is 6.54 Å². The van der Waals surface area contributed by atoms with E-state index in [2.05, 4.69) is 20.2 Å². The second-order valence-electron chi connectivity index (χ2n) is 5.65. The van der Waals surface area contributed by atoms with Crippen LogP contribution in [0.2, 0.25) is 0 Å². The Hall–Kier alpha value is -2.08. The molecular formula is C16H23N5O. The van der Waals surface area contributed by atoms with Gasteiger partial charge in [0.05, 0.1) is 17.6 Å². The van der Waals surface area contributed by atoms with Crippen LogP contribution in [0.5, 0.6) is 0 Å². The van der Waals surface area contributed by atoms with Crippen LogP contribution in [0, 0.1) is 0 Å². The minimum Gasteiger partial charge on any atom is -0.341 e. The van der Waals surface area contributed by atoms with E-state index >= 15 is 0 Å². The van der Waals surface area contributed by atoms with E-state index in [1.807, 2.05) is 36.1 Å². The zero-order valence-corrected chi connectivity index (χ0v) is 13.0. The van der Waals surface area contributed by atoms with E-state index in [9.17, 15) is 4.79 Å². The van der Waals surface area contributed by atoms with Crippen molar-refractivity contribution < 1.29 is 4.79 Å². The highest BCUT2D eigenvalue weighted by molar-refractivity contribution is 5.75. The number of nitrogens with zero attached hydrogens (tertiary/aromatic N) is 3. The molecule has 2 heterocycles. The first-order valence-electron chi connectivity index (χ1n) is 7.95. The molecule has 1 saturated heterocycles. The second-order valence-corrected chi connectivity index (χ2v) is 5.65. The lowest BCUT2D eigenvalue weighted by atomic mass is 10.3. The Morgan fingerprint density at radius 1 is 1.27 bits per heavy atom. The predicted octanol–water partition coefficient (Wildman–Crippen LogP) is 1.80. The summed E-state index contributed by atoms with van der Waals surface area (Å²) in [5.41, 5.74) is 2.09. The second kappa shape index (κ2) is 6.79. The average molecular weight is 301 g/mol. The van der Waals surface area contributed by atoms with Crippen molar-refractivity contribution in [2.45, 2.75) is 19.9 Å². The van der Waals surface area contributed by atoms with E-state index < -0.39 is 0 Å². The maximum Gasteiger partial charge on any atom is 0.317 e. The van der Waals surface area contributed by atoms with Crippen LogP contribution in [-0.4, -0.2) is 58.5 Å². The summed E-state index contributed by atoms with van der Waals surface area (Å²) in [4.78, 5) is 24.2. The summed E-state index contributed by atoms with van der Waals surface area (Å²) in [6.07, 6.45) is 0.997. The van der Waals surface area contributed by atoms with Gasteiger partial charge in [-0.1, -0.05) is 12.1 Å². The first-order chi connectivity index (χ1) is 10.8. The molecule has 2 amide bonds. The molecule has 22 heavy (non-hydrogen) atoms. The number of rotatable bonds is 3. The summed E-state index contributed by atoms with van der Waals surface area (Å²) in [7, 11) is 0. The van der Waals surface area contributed by atoms with Crippen LogP contribution in [0.3, 0.4) is 0 Å². The summed E-state index contributed by atoms with van der Waals surface area (Å²) in [5, 5.41) is 2.88. The van der Waals surface area contributed by atoms with E-state index in [1.54, 1.807) is 0 Å². The molecule has 1 fully saturated rings. The Labute approximate surface area is 130 Å². The smallest absolute Gasteiger partial charge is 0.317 e. The molecule has 6 nitrogen and oxygen atoms in total. The maximum absolute atomic E-state index is 11.9. The summed E-state index contributed by atoms with van der Waals surface area (Å²) < 4.78 is 0. The number of aromatic amines is 1. The van der Waals surface area contributed by atoms with Crippen molar-refractivity contribution in [1.82, 2.24) is 25.1 Å². The number of hydrogen-bond acceptors (Lipinski definition) is 3. The van der Waals surface area contributed by atoms with Gasteiger partial charge in [-0.25, -0.2) is 9.78 Å². The minimum absolute atomic E-state index is 0.0492. The molecule has 2 N–H and O–H groups in total. The highest BCUT2D eigenvalue weighted by atomic mass is 16.2. The molecule has 118 valence electrons. The molecule has 0 spiro atoms. The lowest BCUT2D eigenvalue weighted by Crippen LogP contribution is -2.41. The normalized spacial score (nSPS) is 16.7. The van der Waals surface area contributed by atoms with Crippen LogP contribution in [0.4, 0.5) is 4.79 Å². The Balaban J connectivity index is 1.60. The fraction of sp³-hybridized carbons (Fsp3) is 0.500. The van der Waals surface area contributed by atoms with Crippen LogP contribution >= 0.6 is 0 Å². The molecule has 1 aromatic heterocycles. The highest BCUT2D eigenvalue weighted by Gasteiger charge is 2.19. The number of fused-ring (bicyclic) bond motifs is 1. The molecule has 0 bridgehead atoms. The summed E-state index contributed by atoms with van der Waals surface area (Å²) >= 11 is 0. The van der Waals surface area contributed by atoms with Crippen LogP contribution in [0.15, 0.2) is 24.3 Å². The number of nitrogens with one attached hydrogen (secondary N) is 2. The third-order valence-corrected chi connectivity index (χ3v) is 4.02. The van der Waals surface area contributed by atoms with Gasteiger partial charge >= 0.3 is 6.03 Å². The van der Waals surface area contributed by atoms with Crippen molar-refractivity contribution in [3.8, 4) is 0 Å². The number of aromatic nitrogens is 2. The quantitative estimate of drug-likeness (QED) is 0.908. The summed E-state index contributed by atoms with van der Waals surface area (Å²) in [6, 6.07) is 8.14. The van der Waals surface area contributed by atoms with Crippen LogP contribution < -0.4 is 5.32 Å². The van der Waals surface area contributed by atoms with Crippen molar-refractivity contribution >= 4 is 17.1 Å². The van der Waals surface area contributed by atoms with Gasteiger partial charge in [0.25, 0.3) is 0 Å². The molecule has 3 rings (SSSR count). The molecule has 1 aliphatic rings. The van der Waals surface area contributed by atoms with E-state index in [4.69, 9.17) is 0 Å². The number of amides is 2. The van der Waals surface area contributed by atoms with Crippen LogP contribution in [0.25, 0.3) is 11.0 Å². The fourth-order valence-electron chi connectivity index (χ4n) is 2.89. The van der Waals surface area contributed by atoms with Crippen molar-refractivity contribution in [1.29, 1.82) is 0 Å². The highest BCUT2D eigenvalue weighted by Crippen LogP contribution is 2.13. The molecule has 0 atom stereocenters. The lowest BCUT2D eigenvalue weighted by Gasteiger charge is -2.21. The number of imidazole rings is 1. The number of carbonyl (C=O) groups is 1. The number of H-pyrrole nitrogens is 1. The van der Waals surface area contributed by atoms with Gasteiger partial charge in [0.15, 0.2) is 0 Å². The molecule has 0 saturated carbocycles. The standard InChI is InChI=1S/C16H23N5O/c1-2-17-16(22)21-9-5-8-20(10-11-21)12-15-18-13-6-3-4-7-14(13)19-15/h3-4,6-7H,2,5,8-12H2,1H3,(H,17,22)(H,18,19). The van der Waals surface area contributed by atoms with E-state index in [1.165, 1.54) is 0 Å². The average Bonchev–Trinajstić information content (AvgIpc) is 2.77. The van der Waals surface area contributed by atoms with Gasteiger partial charge in [0, 0.05) is 32.7 Å². The maximum atomic E-state index is 11.9. The number of benzene rings is 1. The minimum atomic E-state index is 0.0492. The predicted molar refractivity (Wildman–Crippen MR) is 86.6 cm³/mol. The van der Waals surface area contributed by atoms with Crippen molar-refractivity contribution in [2.75, 3.05) is 32.7 Å². The van der Waals surface area contributed by atoms with E-state index in [0.717, 1.165) is 56.0 Å². The van der Waals surface area contributed by atoms with Gasteiger partial charge in [-0.3, -0.25) is 4.90 Å². The van der Waals surface area contributed by atoms with Gasteiger partial charge < -0.3 is 15.2 Å². The van der Waals surface area contributed by atoms with Gasteiger partial charge in [-0.15, -0.1) is 0 Å². The third-order valence-electron chi connectivity index (χ3n) is 4.02. The Kier molecular flexibility index (Phi) is 4.58. The van der Waals surface area contributed by atoms with Crippen LogP contribution in [0.1, 0.15) is 19.2 Å². The molecular weight excluding hydrogens is 278 g/mol. The Morgan fingerprint density at radius 2 is 2.14 bits per heavy atom. The Morgan fingerprint density at radius 3 is 2.95 bits per heavy atom. The van der Waals surface area contributed by atoms with Gasteiger partial charge in [-0.05, 0) is 25.5 Å². The molecule has 0 aliphatic carbocycles. The molecule has 0 radical (unpaired) electrons. The molecule has 2 aromatic rings. The third kappa shape index (κ3) is 3.39. The van der Waals surface area contributed by atoms with E-state index in [-0.39, 0.29) is 6.03 Å².